The molecule has 1 aromatic carbocycles. The highest BCUT2D eigenvalue weighted by atomic mass is 127. The van der Waals surface area contributed by atoms with Crippen molar-refractivity contribution in [2.24, 2.45) is 4.99 Å². The molecule has 1 aromatic rings. The lowest BCUT2D eigenvalue weighted by molar-refractivity contribution is 0.625. The Bertz CT molecular complexity index is 498. The van der Waals surface area contributed by atoms with Crippen LogP contribution in [0.5, 0.6) is 0 Å². The lowest BCUT2D eigenvalue weighted by Crippen LogP contribution is -2.38. The molecule has 0 spiro atoms. The molecular weight excluding hydrogens is 444 g/mol. The van der Waals surface area contributed by atoms with Crippen molar-refractivity contribution < 1.29 is 4.39 Å². The second-order valence-corrected chi connectivity index (χ2v) is 6.58. The molecule has 130 valence electrons. The average Bonchev–Trinajstić information content (AvgIpc) is 2.52. The Labute approximate surface area is 164 Å². The molecule has 0 unspecified atom stereocenters. The molecule has 0 aromatic heterocycles. The second-order valence-electron chi connectivity index (χ2n) is 4.56. The Morgan fingerprint density at radius 2 is 2.13 bits per heavy atom. The summed E-state index contributed by atoms with van der Waals surface area (Å²) in [6.07, 6.45) is 3.92. The molecule has 0 aliphatic rings. The quantitative estimate of drug-likeness (QED) is 0.189. The molecule has 0 radical (unpaired) electrons. The van der Waals surface area contributed by atoms with E-state index in [9.17, 15) is 4.39 Å². The number of guanidine groups is 1. The highest BCUT2D eigenvalue weighted by Crippen LogP contribution is 2.16. The van der Waals surface area contributed by atoms with Gasteiger partial charge in [-0.15, -0.1) is 30.6 Å². The van der Waals surface area contributed by atoms with Gasteiger partial charge in [-0.3, -0.25) is 4.99 Å². The van der Waals surface area contributed by atoms with Crippen molar-refractivity contribution in [3.05, 3.63) is 47.8 Å². The minimum Gasteiger partial charge on any atom is -0.356 e. The molecule has 3 nitrogen and oxygen atoms in total. The van der Waals surface area contributed by atoms with Gasteiger partial charge in [0, 0.05) is 37.4 Å². The third-order valence-corrected chi connectivity index (χ3v) is 4.48. The molecule has 0 heterocycles. The van der Waals surface area contributed by atoms with Crippen LogP contribution in [0.4, 0.5) is 4.39 Å². The Kier molecular flexibility index (Phi) is 13.7. The van der Waals surface area contributed by atoms with Crippen LogP contribution in [0.2, 0.25) is 0 Å². The molecule has 23 heavy (non-hydrogen) atoms. The van der Waals surface area contributed by atoms with Crippen molar-refractivity contribution in [3.8, 4) is 0 Å². The van der Waals surface area contributed by atoms with Gasteiger partial charge in [0.2, 0.25) is 0 Å². The van der Waals surface area contributed by atoms with Gasteiger partial charge in [-0.05, 0) is 29.5 Å². The number of halogens is 2. The molecule has 0 fully saturated rings. The number of nitrogens with zero attached hydrogens (tertiary/aromatic N) is 1. The molecule has 0 bridgehead atoms. The summed E-state index contributed by atoms with van der Waals surface area (Å²) < 4.78 is 13.3. The highest BCUT2D eigenvalue weighted by Gasteiger charge is 2.05. The van der Waals surface area contributed by atoms with Crippen molar-refractivity contribution in [2.75, 3.05) is 31.4 Å². The zero-order chi connectivity index (χ0) is 16.2. The molecule has 0 amide bonds. The standard InChI is InChI=1S/C16H24FN3S2.HI/c1-4-8-22-9-7-19-16(18-2)20-11-13-5-6-15(17)10-14(13)12-21-3;/h4-6,10H,1,7-9,11-12H2,2-3H3,(H2,18,19,20);1H. The van der Waals surface area contributed by atoms with E-state index in [2.05, 4.69) is 22.2 Å². The Morgan fingerprint density at radius 1 is 1.35 bits per heavy atom. The first-order valence-corrected chi connectivity index (χ1v) is 9.65. The van der Waals surface area contributed by atoms with Crippen molar-refractivity contribution in [2.45, 2.75) is 12.3 Å². The molecule has 0 aliphatic heterocycles. The van der Waals surface area contributed by atoms with Crippen LogP contribution in [0.1, 0.15) is 11.1 Å². The topological polar surface area (TPSA) is 36.4 Å². The Morgan fingerprint density at radius 3 is 2.78 bits per heavy atom. The number of nitrogens with one attached hydrogen (secondary N) is 2. The van der Waals surface area contributed by atoms with E-state index in [1.165, 1.54) is 6.07 Å². The van der Waals surface area contributed by atoms with Crippen LogP contribution in [-0.4, -0.2) is 37.3 Å². The summed E-state index contributed by atoms with van der Waals surface area (Å²) in [6.45, 7) is 5.18. The van der Waals surface area contributed by atoms with Gasteiger partial charge in [0.25, 0.3) is 0 Å². The maximum absolute atomic E-state index is 13.3. The van der Waals surface area contributed by atoms with Crippen LogP contribution in [0.25, 0.3) is 0 Å². The minimum atomic E-state index is -0.186. The van der Waals surface area contributed by atoms with E-state index in [-0.39, 0.29) is 29.8 Å². The second kappa shape index (κ2) is 14.0. The number of benzene rings is 1. The monoisotopic (exact) mass is 469 g/mol. The Balaban J connectivity index is 0.00000484. The summed E-state index contributed by atoms with van der Waals surface area (Å²) in [5, 5.41) is 6.54. The SMILES string of the molecule is C=CCSCCNC(=NC)NCc1ccc(F)cc1CSC.I. The van der Waals surface area contributed by atoms with Gasteiger partial charge in [-0.25, -0.2) is 4.39 Å². The fourth-order valence-corrected chi connectivity index (χ4v) is 3.02. The maximum atomic E-state index is 13.3. The van der Waals surface area contributed by atoms with Gasteiger partial charge in [-0.1, -0.05) is 12.1 Å². The number of hydrogen-bond acceptors (Lipinski definition) is 3. The van der Waals surface area contributed by atoms with E-state index in [1.807, 2.05) is 30.2 Å². The molecule has 0 aliphatic carbocycles. The molecule has 2 N–H and O–H groups in total. The van der Waals surface area contributed by atoms with E-state index in [1.54, 1.807) is 24.9 Å². The van der Waals surface area contributed by atoms with Gasteiger partial charge in [0.1, 0.15) is 5.82 Å². The van der Waals surface area contributed by atoms with E-state index in [0.29, 0.717) is 6.54 Å². The van der Waals surface area contributed by atoms with Gasteiger partial charge in [-0.2, -0.15) is 23.5 Å². The normalized spacial score (nSPS) is 10.8. The summed E-state index contributed by atoms with van der Waals surface area (Å²) in [7, 11) is 1.75. The largest absolute Gasteiger partial charge is 0.356 e. The zero-order valence-corrected chi connectivity index (χ0v) is 17.6. The molecule has 0 saturated carbocycles. The number of hydrogen-bond donors (Lipinski definition) is 2. The van der Waals surface area contributed by atoms with Crippen molar-refractivity contribution in [1.82, 2.24) is 10.6 Å². The number of aliphatic imine (C=N–C) groups is 1. The van der Waals surface area contributed by atoms with Crippen LogP contribution >= 0.6 is 47.5 Å². The number of rotatable bonds is 9. The zero-order valence-electron chi connectivity index (χ0n) is 13.6. The first-order valence-electron chi connectivity index (χ1n) is 7.10. The van der Waals surface area contributed by atoms with Gasteiger partial charge < -0.3 is 10.6 Å². The van der Waals surface area contributed by atoms with Crippen LogP contribution in [0.15, 0.2) is 35.8 Å². The van der Waals surface area contributed by atoms with Crippen LogP contribution in [-0.2, 0) is 12.3 Å². The smallest absolute Gasteiger partial charge is 0.191 e. The fourth-order valence-electron chi connectivity index (χ4n) is 1.86. The lowest BCUT2D eigenvalue weighted by atomic mass is 10.1. The third-order valence-electron chi connectivity index (χ3n) is 2.91. The van der Waals surface area contributed by atoms with Crippen LogP contribution < -0.4 is 10.6 Å². The molecule has 0 saturated heterocycles. The summed E-state index contributed by atoms with van der Waals surface area (Å²) >= 11 is 3.51. The Hall–Kier alpha value is -0.410. The fraction of sp³-hybridized carbons (Fsp3) is 0.438. The first kappa shape index (κ1) is 22.6. The van der Waals surface area contributed by atoms with E-state index in [0.717, 1.165) is 40.9 Å². The van der Waals surface area contributed by atoms with Gasteiger partial charge >= 0.3 is 0 Å². The minimum absolute atomic E-state index is 0. The lowest BCUT2D eigenvalue weighted by Gasteiger charge is -2.14. The molecule has 1 rings (SSSR count). The first-order chi connectivity index (χ1) is 10.7. The van der Waals surface area contributed by atoms with E-state index < -0.39 is 0 Å². The third kappa shape index (κ3) is 9.46. The van der Waals surface area contributed by atoms with E-state index >= 15 is 0 Å². The summed E-state index contributed by atoms with van der Waals surface area (Å²) in [5.74, 6) is 3.34. The molecule has 0 atom stereocenters. The predicted octanol–water partition coefficient (Wildman–Crippen LogP) is 3.89. The highest BCUT2D eigenvalue weighted by molar-refractivity contribution is 14.0. The van der Waals surface area contributed by atoms with Crippen LogP contribution in [0, 0.1) is 5.82 Å². The van der Waals surface area contributed by atoms with Crippen molar-refractivity contribution in [3.63, 3.8) is 0 Å². The molecule has 7 heteroatoms. The van der Waals surface area contributed by atoms with Crippen molar-refractivity contribution >= 4 is 53.5 Å². The number of thioether (sulfide) groups is 2. The predicted molar refractivity (Wildman–Crippen MR) is 115 cm³/mol. The van der Waals surface area contributed by atoms with Crippen LogP contribution in [0.3, 0.4) is 0 Å². The average molecular weight is 469 g/mol. The summed E-state index contributed by atoms with van der Waals surface area (Å²) in [4.78, 5) is 4.20. The van der Waals surface area contributed by atoms with Crippen molar-refractivity contribution in [1.29, 1.82) is 0 Å². The summed E-state index contributed by atoms with van der Waals surface area (Å²) in [5.41, 5.74) is 2.12. The van der Waals surface area contributed by atoms with Gasteiger partial charge in [0.05, 0.1) is 0 Å². The molecular formula is C16H25FIN3S2. The summed E-state index contributed by atoms with van der Waals surface area (Å²) in [6, 6.07) is 4.94. The van der Waals surface area contributed by atoms with Gasteiger partial charge in [0.15, 0.2) is 5.96 Å². The maximum Gasteiger partial charge on any atom is 0.191 e. The van der Waals surface area contributed by atoms with E-state index in [4.69, 9.17) is 0 Å².